The number of furan rings is 1. The van der Waals surface area contributed by atoms with E-state index in [2.05, 4.69) is 9.46 Å². The number of hydrogen-bond donors (Lipinski definition) is 2. The number of esters is 1. The van der Waals surface area contributed by atoms with Gasteiger partial charge in [-0.25, -0.2) is 17.9 Å². The van der Waals surface area contributed by atoms with Crippen LogP contribution in [0.25, 0.3) is 0 Å². The van der Waals surface area contributed by atoms with Crippen LogP contribution in [-0.4, -0.2) is 33.6 Å². The van der Waals surface area contributed by atoms with Crippen LogP contribution in [0, 0.1) is 0 Å². The van der Waals surface area contributed by atoms with Crippen molar-refractivity contribution in [3.05, 3.63) is 17.6 Å². The fourth-order valence-corrected chi connectivity index (χ4v) is 4.16. The van der Waals surface area contributed by atoms with E-state index in [0.717, 1.165) is 12.8 Å². The van der Waals surface area contributed by atoms with Crippen molar-refractivity contribution in [3.63, 3.8) is 0 Å². The number of methoxy groups -OCH3 is 1. The lowest BCUT2D eigenvalue weighted by Gasteiger charge is -2.26. The molecule has 0 bridgehead atoms. The van der Waals surface area contributed by atoms with Crippen molar-refractivity contribution >= 4 is 16.0 Å². The third kappa shape index (κ3) is 3.68. The summed E-state index contributed by atoms with van der Waals surface area (Å²) in [6.07, 6.45) is 3.38. The van der Waals surface area contributed by atoms with E-state index in [9.17, 15) is 13.2 Å². The van der Waals surface area contributed by atoms with E-state index >= 15 is 0 Å². The summed E-state index contributed by atoms with van der Waals surface area (Å²) < 4.78 is 37.6. The van der Waals surface area contributed by atoms with Gasteiger partial charge in [0.05, 0.1) is 7.11 Å². The molecule has 1 aromatic heterocycles. The average Bonchev–Trinajstić information content (AvgIpc) is 2.94. The van der Waals surface area contributed by atoms with E-state index in [1.807, 2.05) is 0 Å². The molecule has 3 N–H and O–H groups in total. The van der Waals surface area contributed by atoms with Gasteiger partial charge >= 0.3 is 5.97 Å². The molecule has 0 atom stereocenters. The van der Waals surface area contributed by atoms with Crippen LogP contribution >= 0.6 is 0 Å². The highest BCUT2D eigenvalue weighted by molar-refractivity contribution is 7.89. The van der Waals surface area contributed by atoms with E-state index < -0.39 is 16.0 Å². The zero-order valence-electron chi connectivity index (χ0n) is 12.8. The summed E-state index contributed by atoms with van der Waals surface area (Å²) in [5.41, 5.74) is 5.83. The molecule has 0 aliphatic heterocycles. The molecule has 22 heavy (non-hydrogen) atoms. The number of nitrogens with one attached hydrogen (secondary N) is 1. The number of sulfonamides is 1. The van der Waals surface area contributed by atoms with Crippen LogP contribution in [0.3, 0.4) is 0 Å². The van der Waals surface area contributed by atoms with Crippen LogP contribution in [0.2, 0.25) is 0 Å². The first-order chi connectivity index (χ1) is 10.4. The molecule has 2 rings (SSSR count). The van der Waals surface area contributed by atoms with Gasteiger partial charge in [0, 0.05) is 24.6 Å². The van der Waals surface area contributed by atoms with Gasteiger partial charge in [0.25, 0.3) is 0 Å². The first kappa shape index (κ1) is 17.0. The summed E-state index contributed by atoms with van der Waals surface area (Å²) in [6, 6.07) is 1.24. The Morgan fingerprint density at radius 2 is 2.05 bits per heavy atom. The van der Waals surface area contributed by atoms with Crippen molar-refractivity contribution in [2.24, 2.45) is 5.73 Å². The minimum atomic E-state index is -3.73. The highest BCUT2D eigenvalue weighted by Gasteiger charge is 2.29. The number of rotatable bonds is 5. The predicted molar refractivity (Wildman–Crippen MR) is 80.0 cm³/mol. The predicted octanol–water partition coefficient (Wildman–Crippen LogP) is 1.18. The van der Waals surface area contributed by atoms with Gasteiger partial charge in [0.1, 0.15) is 10.7 Å². The smallest absolute Gasteiger partial charge is 0.373 e. The number of aryl methyl sites for hydroxylation is 1. The second-order valence-corrected chi connectivity index (χ2v) is 7.16. The van der Waals surface area contributed by atoms with E-state index in [-0.39, 0.29) is 28.5 Å². The zero-order chi connectivity index (χ0) is 16.3. The van der Waals surface area contributed by atoms with Crippen molar-refractivity contribution in [1.29, 1.82) is 0 Å². The largest absolute Gasteiger partial charge is 0.463 e. The van der Waals surface area contributed by atoms with Crippen molar-refractivity contribution in [2.75, 3.05) is 7.11 Å². The minimum absolute atomic E-state index is 0.00488. The molecule has 0 aromatic carbocycles. The van der Waals surface area contributed by atoms with E-state index in [1.165, 1.54) is 13.2 Å². The van der Waals surface area contributed by atoms with E-state index in [0.29, 0.717) is 19.3 Å². The first-order valence-corrected chi connectivity index (χ1v) is 8.84. The van der Waals surface area contributed by atoms with Crippen LogP contribution in [0.15, 0.2) is 15.4 Å². The maximum Gasteiger partial charge on any atom is 0.373 e. The number of nitrogens with two attached hydrogens (primary N) is 1. The maximum absolute atomic E-state index is 12.5. The normalized spacial score (nSPS) is 22.5. The fraction of sp³-hybridized carbons (Fsp3) is 0.643. The van der Waals surface area contributed by atoms with E-state index in [4.69, 9.17) is 10.2 Å². The summed E-state index contributed by atoms with van der Waals surface area (Å²) in [5, 5.41) is 0. The molecular weight excluding hydrogens is 308 g/mol. The zero-order valence-corrected chi connectivity index (χ0v) is 13.6. The van der Waals surface area contributed by atoms with Crippen LogP contribution in [0.1, 0.15) is 48.9 Å². The second-order valence-electron chi connectivity index (χ2n) is 5.48. The summed E-state index contributed by atoms with van der Waals surface area (Å²) in [5.74, 6) is -0.550. The molecule has 1 aromatic rings. The molecule has 0 radical (unpaired) electrons. The van der Waals surface area contributed by atoms with Gasteiger partial charge in [-0.1, -0.05) is 6.92 Å². The molecule has 0 spiro atoms. The first-order valence-electron chi connectivity index (χ1n) is 7.36. The minimum Gasteiger partial charge on any atom is -0.463 e. The number of hydrogen-bond acceptors (Lipinski definition) is 6. The molecule has 0 unspecified atom stereocenters. The Morgan fingerprint density at radius 1 is 1.41 bits per heavy atom. The third-order valence-corrected chi connectivity index (χ3v) is 5.43. The molecule has 1 aliphatic rings. The molecule has 0 amide bonds. The summed E-state index contributed by atoms with van der Waals surface area (Å²) in [4.78, 5) is 11.5. The topological polar surface area (TPSA) is 112 Å². The van der Waals surface area contributed by atoms with Crippen LogP contribution < -0.4 is 10.5 Å². The summed E-state index contributed by atoms with van der Waals surface area (Å²) in [7, 11) is -2.52. The lowest BCUT2D eigenvalue weighted by molar-refractivity contribution is 0.0563. The van der Waals surface area contributed by atoms with Gasteiger partial charge in [-0.3, -0.25) is 0 Å². The molecule has 1 aliphatic carbocycles. The van der Waals surface area contributed by atoms with E-state index in [1.54, 1.807) is 6.92 Å². The maximum atomic E-state index is 12.5. The number of carbonyl (C=O) groups is 1. The van der Waals surface area contributed by atoms with Crippen molar-refractivity contribution in [3.8, 4) is 0 Å². The molecule has 0 saturated heterocycles. The van der Waals surface area contributed by atoms with Crippen LogP contribution in [-0.2, 0) is 21.2 Å². The van der Waals surface area contributed by atoms with Crippen molar-refractivity contribution in [2.45, 2.75) is 56.0 Å². The monoisotopic (exact) mass is 330 g/mol. The highest BCUT2D eigenvalue weighted by atomic mass is 32.2. The Balaban J connectivity index is 2.21. The van der Waals surface area contributed by atoms with Gasteiger partial charge in [-0.05, 0) is 25.7 Å². The summed E-state index contributed by atoms with van der Waals surface area (Å²) in [6.45, 7) is 1.76. The molecule has 124 valence electrons. The lowest BCUT2D eigenvalue weighted by Crippen LogP contribution is -2.40. The SMILES string of the molecule is CCc1oc(C(=O)OC)cc1S(=O)(=O)NC1CCC(N)CC1. The molecule has 1 heterocycles. The number of ether oxygens (including phenoxy) is 1. The van der Waals surface area contributed by atoms with Gasteiger partial charge in [0.15, 0.2) is 0 Å². The van der Waals surface area contributed by atoms with Crippen molar-refractivity contribution < 1.29 is 22.4 Å². The van der Waals surface area contributed by atoms with Crippen LogP contribution in [0.5, 0.6) is 0 Å². The lowest BCUT2D eigenvalue weighted by atomic mass is 9.93. The molecule has 1 fully saturated rings. The standard InChI is InChI=1S/C14H22N2O5S/c1-3-11-13(8-12(21-11)14(17)20-2)22(18,19)16-10-6-4-9(15)5-7-10/h8-10,16H,3-7,15H2,1-2H3. The Hall–Kier alpha value is -1.38. The Labute approximate surface area is 130 Å². The molecular formula is C14H22N2O5S. The van der Waals surface area contributed by atoms with Gasteiger partial charge in [-0.15, -0.1) is 0 Å². The third-order valence-electron chi connectivity index (χ3n) is 3.86. The average molecular weight is 330 g/mol. The Bertz CT molecular complexity index is 630. The molecule has 1 saturated carbocycles. The molecule has 8 heteroatoms. The van der Waals surface area contributed by atoms with Gasteiger partial charge in [0.2, 0.25) is 15.8 Å². The van der Waals surface area contributed by atoms with Crippen molar-refractivity contribution in [1.82, 2.24) is 4.72 Å². The Morgan fingerprint density at radius 3 is 2.59 bits per heavy atom. The highest BCUT2D eigenvalue weighted by Crippen LogP contribution is 2.24. The Kier molecular flexibility index (Phi) is 5.25. The van der Waals surface area contributed by atoms with Gasteiger partial charge in [-0.2, -0.15) is 0 Å². The second kappa shape index (κ2) is 6.80. The fourth-order valence-electron chi connectivity index (χ4n) is 2.61. The van der Waals surface area contributed by atoms with Crippen LogP contribution in [0.4, 0.5) is 0 Å². The number of carbonyl (C=O) groups excluding carboxylic acids is 1. The quantitative estimate of drug-likeness (QED) is 0.784. The molecule has 7 nitrogen and oxygen atoms in total. The van der Waals surface area contributed by atoms with Gasteiger partial charge < -0.3 is 14.9 Å². The summed E-state index contributed by atoms with van der Waals surface area (Å²) >= 11 is 0.